The van der Waals surface area contributed by atoms with E-state index in [1.54, 1.807) is 7.05 Å². The van der Waals surface area contributed by atoms with Crippen molar-refractivity contribution in [2.45, 2.75) is 32.6 Å². The van der Waals surface area contributed by atoms with Crippen molar-refractivity contribution in [2.75, 3.05) is 33.3 Å². The molecule has 5 nitrogen and oxygen atoms in total. The van der Waals surface area contributed by atoms with Gasteiger partial charge < -0.3 is 15.0 Å². The number of nitrogens with one attached hydrogen (secondary N) is 1. The minimum Gasteiger partial charge on any atom is -0.466 e. The quantitative estimate of drug-likeness (QED) is 0.377. The Hall–Kier alpha value is -2.04. The summed E-state index contributed by atoms with van der Waals surface area (Å²) < 4.78 is 5.16. The van der Waals surface area contributed by atoms with Gasteiger partial charge in [0.15, 0.2) is 5.96 Å². The molecule has 1 aliphatic rings. The van der Waals surface area contributed by atoms with Crippen LogP contribution < -0.4 is 5.32 Å². The molecular weight excluding hydrogens is 302 g/mol. The molecule has 1 unspecified atom stereocenters. The molecule has 1 N–H and O–H groups in total. The third kappa shape index (κ3) is 5.55. The number of esters is 1. The largest absolute Gasteiger partial charge is 0.466 e. The molecule has 1 aromatic carbocycles. The second-order valence-electron chi connectivity index (χ2n) is 6.10. The Kier molecular flexibility index (Phi) is 7.59. The molecule has 24 heavy (non-hydrogen) atoms. The van der Waals surface area contributed by atoms with Gasteiger partial charge in [0.05, 0.1) is 12.5 Å². The number of carbonyl (C=O) groups is 1. The molecule has 0 radical (unpaired) electrons. The van der Waals surface area contributed by atoms with E-state index >= 15 is 0 Å². The average Bonchev–Trinajstić information content (AvgIpc) is 2.63. The van der Waals surface area contributed by atoms with E-state index in [0.29, 0.717) is 13.2 Å². The summed E-state index contributed by atoms with van der Waals surface area (Å²) in [5.41, 5.74) is 1.36. The number of nitrogens with zero attached hydrogens (tertiary/aromatic N) is 2. The minimum absolute atomic E-state index is 0.0402. The van der Waals surface area contributed by atoms with Crippen molar-refractivity contribution in [1.29, 1.82) is 0 Å². The smallest absolute Gasteiger partial charge is 0.310 e. The van der Waals surface area contributed by atoms with Crippen LogP contribution in [0.15, 0.2) is 35.3 Å². The second kappa shape index (κ2) is 9.96. The lowest BCUT2D eigenvalue weighted by Gasteiger charge is -2.34. The number of carbonyl (C=O) groups excluding carboxylic acids is 1. The molecule has 1 atom stereocenters. The fraction of sp³-hybridized carbons (Fsp3) is 0.579. The van der Waals surface area contributed by atoms with Gasteiger partial charge in [-0.3, -0.25) is 9.79 Å². The van der Waals surface area contributed by atoms with E-state index in [0.717, 1.165) is 44.7 Å². The van der Waals surface area contributed by atoms with E-state index in [-0.39, 0.29) is 11.9 Å². The van der Waals surface area contributed by atoms with E-state index in [9.17, 15) is 4.79 Å². The Balaban J connectivity index is 1.77. The summed E-state index contributed by atoms with van der Waals surface area (Å²) >= 11 is 0. The highest BCUT2D eigenvalue weighted by Gasteiger charge is 2.28. The lowest BCUT2D eigenvalue weighted by molar-refractivity contribution is -0.149. The van der Waals surface area contributed by atoms with E-state index in [2.05, 4.69) is 39.5 Å². The number of ether oxygens (including phenoxy) is 1. The number of rotatable bonds is 6. The Morgan fingerprint density at radius 1 is 1.38 bits per heavy atom. The van der Waals surface area contributed by atoms with Gasteiger partial charge >= 0.3 is 5.97 Å². The highest BCUT2D eigenvalue weighted by molar-refractivity contribution is 5.81. The van der Waals surface area contributed by atoms with Crippen molar-refractivity contribution < 1.29 is 9.53 Å². The molecule has 5 heteroatoms. The fourth-order valence-corrected chi connectivity index (χ4v) is 3.09. The van der Waals surface area contributed by atoms with Gasteiger partial charge in [-0.05, 0) is 38.2 Å². The van der Waals surface area contributed by atoms with Crippen LogP contribution in [0.25, 0.3) is 0 Å². The standard InChI is InChI=1S/C19H29N3O2/c1-3-24-18(23)17-12-8-14-22(15-17)19(20-2)21-13-7-11-16-9-5-4-6-10-16/h4-6,9-10,17H,3,7-8,11-15H2,1-2H3,(H,20,21). The van der Waals surface area contributed by atoms with Gasteiger partial charge in [0.2, 0.25) is 0 Å². The number of guanidine groups is 1. The Morgan fingerprint density at radius 3 is 2.88 bits per heavy atom. The molecule has 0 aromatic heterocycles. The normalized spacial score (nSPS) is 18.3. The van der Waals surface area contributed by atoms with E-state index < -0.39 is 0 Å². The van der Waals surface area contributed by atoms with Gasteiger partial charge in [-0.2, -0.15) is 0 Å². The monoisotopic (exact) mass is 331 g/mol. The van der Waals surface area contributed by atoms with Gasteiger partial charge in [0.1, 0.15) is 0 Å². The minimum atomic E-state index is -0.0817. The molecule has 2 rings (SSSR count). The molecule has 0 bridgehead atoms. The average molecular weight is 331 g/mol. The molecule has 0 saturated carbocycles. The Morgan fingerprint density at radius 2 is 2.17 bits per heavy atom. The third-order valence-corrected chi connectivity index (χ3v) is 4.32. The number of hydrogen-bond donors (Lipinski definition) is 1. The first-order valence-electron chi connectivity index (χ1n) is 8.90. The predicted octanol–water partition coefficient (Wildman–Crippen LogP) is 2.47. The summed E-state index contributed by atoms with van der Waals surface area (Å²) in [7, 11) is 1.80. The molecule has 0 aliphatic carbocycles. The maximum absolute atomic E-state index is 12.0. The number of piperidine rings is 1. The second-order valence-corrected chi connectivity index (χ2v) is 6.10. The lowest BCUT2D eigenvalue weighted by atomic mass is 9.98. The van der Waals surface area contributed by atoms with E-state index in [4.69, 9.17) is 4.74 Å². The van der Waals surface area contributed by atoms with Crippen molar-refractivity contribution >= 4 is 11.9 Å². The lowest BCUT2D eigenvalue weighted by Crippen LogP contribution is -2.48. The Bertz CT molecular complexity index is 531. The molecule has 1 heterocycles. The maximum Gasteiger partial charge on any atom is 0.310 e. The molecule has 1 fully saturated rings. The van der Waals surface area contributed by atoms with E-state index in [1.165, 1.54) is 5.56 Å². The predicted molar refractivity (Wildman–Crippen MR) is 97.1 cm³/mol. The summed E-state index contributed by atoms with van der Waals surface area (Å²) in [6.07, 6.45) is 4.00. The zero-order chi connectivity index (χ0) is 17.2. The number of benzene rings is 1. The molecule has 0 spiro atoms. The van der Waals surface area contributed by atoms with Crippen LogP contribution in [0.3, 0.4) is 0 Å². The van der Waals surface area contributed by atoms with Crippen LogP contribution in [0, 0.1) is 5.92 Å². The maximum atomic E-state index is 12.0. The van der Waals surface area contributed by atoms with Crippen LogP contribution in [0.1, 0.15) is 31.7 Å². The van der Waals surface area contributed by atoms with E-state index in [1.807, 2.05) is 13.0 Å². The van der Waals surface area contributed by atoms with Gasteiger partial charge in [-0.25, -0.2) is 0 Å². The van der Waals surface area contributed by atoms with Crippen LogP contribution in [-0.4, -0.2) is 50.1 Å². The van der Waals surface area contributed by atoms with Crippen molar-refractivity contribution in [3.8, 4) is 0 Å². The molecule has 1 saturated heterocycles. The summed E-state index contributed by atoms with van der Waals surface area (Å²) in [6.45, 7) is 4.81. The molecular formula is C19H29N3O2. The van der Waals surface area contributed by atoms with Crippen molar-refractivity contribution in [3.05, 3.63) is 35.9 Å². The van der Waals surface area contributed by atoms with Gasteiger partial charge in [-0.15, -0.1) is 0 Å². The van der Waals surface area contributed by atoms with Crippen molar-refractivity contribution in [2.24, 2.45) is 10.9 Å². The summed E-state index contributed by atoms with van der Waals surface area (Å²) in [5.74, 6) is 0.764. The van der Waals surface area contributed by atoms with Crippen LogP contribution >= 0.6 is 0 Å². The highest BCUT2D eigenvalue weighted by atomic mass is 16.5. The number of aryl methyl sites for hydroxylation is 1. The number of hydrogen-bond acceptors (Lipinski definition) is 3. The topological polar surface area (TPSA) is 53.9 Å². The van der Waals surface area contributed by atoms with Crippen LogP contribution in [-0.2, 0) is 16.0 Å². The highest BCUT2D eigenvalue weighted by Crippen LogP contribution is 2.18. The number of aliphatic imine (C=N–C) groups is 1. The fourth-order valence-electron chi connectivity index (χ4n) is 3.09. The molecule has 0 amide bonds. The third-order valence-electron chi connectivity index (χ3n) is 4.32. The Labute approximate surface area is 145 Å². The summed E-state index contributed by atoms with van der Waals surface area (Å²) in [6, 6.07) is 10.5. The molecule has 1 aromatic rings. The summed E-state index contributed by atoms with van der Waals surface area (Å²) in [4.78, 5) is 18.5. The van der Waals surface area contributed by atoms with Crippen LogP contribution in [0.5, 0.6) is 0 Å². The first-order valence-corrected chi connectivity index (χ1v) is 8.90. The first-order chi connectivity index (χ1) is 11.7. The van der Waals surface area contributed by atoms with Gasteiger partial charge in [0, 0.05) is 26.7 Å². The van der Waals surface area contributed by atoms with Crippen molar-refractivity contribution in [3.63, 3.8) is 0 Å². The van der Waals surface area contributed by atoms with Crippen LogP contribution in [0.4, 0.5) is 0 Å². The zero-order valence-electron chi connectivity index (χ0n) is 14.8. The number of likely N-dealkylation sites (tertiary alicyclic amines) is 1. The molecule has 1 aliphatic heterocycles. The summed E-state index contributed by atoms with van der Waals surface area (Å²) in [5, 5.41) is 3.42. The van der Waals surface area contributed by atoms with Crippen molar-refractivity contribution in [1.82, 2.24) is 10.2 Å². The van der Waals surface area contributed by atoms with Gasteiger partial charge in [0.25, 0.3) is 0 Å². The first kappa shape index (κ1) is 18.3. The SMILES string of the molecule is CCOC(=O)C1CCCN(C(=NC)NCCCc2ccccc2)C1. The van der Waals surface area contributed by atoms with Crippen LogP contribution in [0.2, 0.25) is 0 Å². The molecule has 132 valence electrons. The van der Waals surface area contributed by atoms with Gasteiger partial charge in [-0.1, -0.05) is 30.3 Å². The zero-order valence-corrected chi connectivity index (χ0v) is 14.8.